The normalized spacial score (nSPS) is 17.0. The van der Waals surface area contributed by atoms with E-state index in [0.717, 1.165) is 11.5 Å². The predicted molar refractivity (Wildman–Crippen MR) is 82.8 cm³/mol. The molecule has 0 spiro atoms. The lowest BCUT2D eigenvalue weighted by Crippen LogP contribution is -1.96. The highest BCUT2D eigenvalue weighted by Crippen LogP contribution is 2.31. The lowest BCUT2D eigenvalue weighted by atomic mass is 9.98. The number of carbonyl (C=O) groups is 1. The highest BCUT2D eigenvalue weighted by molar-refractivity contribution is 5.79. The Labute approximate surface area is 120 Å². The smallest absolute Gasteiger partial charge is 0.134 e. The van der Waals surface area contributed by atoms with E-state index in [1.54, 1.807) is 6.92 Å². The zero-order valence-corrected chi connectivity index (χ0v) is 12.1. The fraction of sp³-hybridized carbons (Fsp3) is 0.316. The summed E-state index contributed by atoms with van der Waals surface area (Å²) in [5.41, 5.74) is 6.58. The van der Waals surface area contributed by atoms with Crippen molar-refractivity contribution in [2.24, 2.45) is 5.92 Å². The Balaban J connectivity index is 1.93. The van der Waals surface area contributed by atoms with Crippen molar-refractivity contribution in [1.82, 2.24) is 0 Å². The molecule has 102 valence electrons. The summed E-state index contributed by atoms with van der Waals surface area (Å²) in [4.78, 5) is 11.3. The second-order valence-electron chi connectivity index (χ2n) is 6.08. The molecule has 1 nitrogen and oxygen atoms in total. The molecule has 20 heavy (non-hydrogen) atoms. The third kappa shape index (κ3) is 2.67. The van der Waals surface area contributed by atoms with E-state index in [2.05, 4.69) is 37.3 Å². The third-order valence-corrected chi connectivity index (χ3v) is 4.06. The van der Waals surface area contributed by atoms with Crippen LogP contribution in [0.25, 0.3) is 11.1 Å². The van der Waals surface area contributed by atoms with Gasteiger partial charge in [-0.3, -0.25) is 4.79 Å². The van der Waals surface area contributed by atoms with Gasteiger partial charge in [0, 0.05) is 6.42 Å². The molecule has 3 rings (SSSR count). The molecule has 0 amide bonds. The fourth-order valence-electron chi connectivity index (χ4n) is 3.17. The zero-order valence-electron chi connectivity index (χ0n) is 12.1. The molecule has 0 bridgehead atoms. The van der Waals surface area contributed by atoms with Crippen LogP contribution < -0.4 is 0 Å². The average Bonchev–Trinajstić information content (AvgIpc) is 2.77. The Hall–Kier alpha value is -1.89. The minimum atomic E-state index is 0.213. The van der Waals surface area contributed by atoms with Crippen molar-refractivity contribution >= 4 is 5.78 Å². The molecular weight excluding hydrogens is 244 g/mol. The number of Topliss-reactive ketones (excluding diaryl/α,β-unsaturated/α-hetero) is 1. The van der Waals surface area contributed by atoms with Crippen molar-refractivity contribution < 1.29 is 4.79 Å². The van der Waals surface area contributed by atoms with Gasteiger partial charge in [-0.05, 0) is 53.5 Å². The highest BCUT2D eigenvalue weighted by Gasteiger charge is 2.17. The first-order chi connectivity index (χ1) is 9.61. The molecule has 0 saturated heterocycles. The maximum absolute atomic E-state index is 11.3. The van der Waals surface area contributed by atoms with Crippen LogP contribution in [0.3, 0.4) is 0 Å². The monoisotopic (exact) mass is 264 g/mol. The standard InChI is InChI=1S/C19H20O/c1-13-8-17-6-7-18(12-19(17)9-13)16-5-3-4-15(11-16)10-14(2)20/h3-7,11-13H,8-10H2,1-2H3. The van der Waals surface area contributed by atoms with Crippen LogP contribution in [0, 0.1) is 5.92 Å². The topological polar surface area (TPSA) is 17.1 Å². The van der Waals surface area contributed by atoms with Crippen LogP contribution in [0.2, 0.25) is 0 Å². The van der Waals surface area contributed by atoms with E-state index in [0.29, 0.717) is 6.42 Å². The van der Waals surface area contributed by atoms with E-state index in [1.807, 2.05) is 12.1 Å². The summed E-state index contributed by atoms with van der Waals surface area (Å²) in [7, 11) is 0. The summed E-state index contributed by atoms with van der Waals surface area (Å²) < 4.78 is 0. The molecule has 0 N–H and O–H groups in total. The lowest BCUT2D eigenvalue weighted by Gasteiger charge is -2.07. The molecule has 1 unspecified atom stereocenters. The number of fused-ring (bicyclic) bond motifs is 1. The first-order valence-electron chi connectivity index (χ1n) is 7.32. The van der Waals surface area contributed by atoms with Gasteiger partial charge in [-0.25, -0.2) is 0 Å². The number of carbonyl (C=O) groups excluding carboxylic acids is 1. The van der Waals surface area contributed by atoms with E-state index in [1.165, 1.54) is 35.1 Å². The van der Waals surface area contributed by atoms with Crippen LogP contribution in [0.15, 0.2) is 42.5 Å². The number of rotatable bonds is 3. The predicted octanol–water partition coefficient (Wildman–Crippen LogP) is 4.22. The molecule has 1 heteroatoms. The minimum absolute atomic E-state index is 0.213. The maximum atomic E-state index is 11.3. The second kappa shape index (κ2) is 5.24. The van der Waals surface area contributed by atoms with E-state index in [-0.39, 0.29) is 5.78 Å². The fourth-order valence-corrected chi connectivity index (χ4v) is 3.17. The van der Waals surface area contributed by atoms with Crippen molar-refractivity contribution in [3.63, 3.8) is 0 Å². The Morgan fingerprint density at radius 3 is 2.60 bits per heavy atom. The summed E-state index contributed by atoms with van der Waals surface area (Å²) in [5, 5.41) is 0. The molecule has 0 fully saturated rings. The zero-order chi connectivity index (χ0) is 14.1. The molecule has 1 aliphatic carbocycles. The Morgan fingerprint density at radius 1 is 1.05 bits per heavy atom. The molecule has 0 radical (unpaired) electrons. The summed E-state index contributed by atoms with van der Waals surface area (Å²) >= 11 is 0. The van der Waals surface area contributed by atoms with Crippen molar-refractivity contribution in [1.29, 1.82) is 0 Å². The van der Waals surface area contributed by atoms with Gasteiger partial charge in [0.05, 0.1) is 0 Å². The van der Waals surface area contributed by atoms with Gasteiger partial charge in [0.2, 0.25) is 0 Å². The van der Waals surface area contributed by atoms with Crippen molar-refractivity contribution in [3.8, 4) is 11.1 Å². The van der Waals surface area contributed by atoms with Crippen LogP contribution in [-0.2, 0) is 24.1 Å². The molecule has 2 aromatic carbocycles. The van der Waals surface area contributed by atoms with E-state index in [9.17, 15) is 4.79 Å². The maximum Gasteiger partial charge on any atom is 0.134 e. The van der Waals surface area contributed by atoms with Crippen LogP contribution in [0.1, 0.15) is 30.5 Å². The number of hydrogen-bond acceptors (Lipinski definition) is 1. The van der Waals surface area contributed by atoms with Crippen LogP contribution in [-0.4, -0.2) is 5.78 Å². The Morgan fingerprint density at radius 2 is 1.80 bits per heavy atom. The van der Waals surface area contributed by atoms with Crippen LogP contribution >= 0.6 is 0 Å². The summed E-state index contributed by atoms with van der Waals surface area (Å²) in [6, 6.07) is 15.1. The van der Waals surface area contributed by atoms with Crippen LogP contribution in [0.4, 0.5) is 0 Å². The van der Waals surface area contributed by atoms with Crippen molar-refractivity contribution in [2.45, 2.75) is 33.1 Å². The van der Waals surface area contributed by atoms with Gasteiger partial charge < -0.3 is 0 Å². The summed E-state index contributed by atoms with van der Waals surface area (Å²) in [6.07, 6.45) is 2.92. The molecule has 2 aromatic rings. The first-order valence-corrected chi connectivity index (χ1v) is 7.32. The second-order valence-corrected chi connectivity index (χ2v) is 6.08. The van der Waals surface area contributed by atoms with Gasteiger partial charge in [-0.1, -0.05) is 49.4 Å². The number of hydrogen-bond donors (Lipinski definition) is 0. The van der Waals surface area contributed by atoms with E-state index < -0.39 is 0 Å². The molecular formula is C19H20O. The van der Waals surface area contributed by atoms with Gasteiger partial charge >= 0.3 is 0 Å². The average molecular weight is 264 g/mol. The third-order valence-electron chi connectivity index (χ3n) is 4.06. The highest BCUT2D eigenvalue weighted by atomic mass is 16.1. The lowest BCUT2D eigenvalue weighted by molar-refractivity contribution is -0.116. The molecule has 0 saturated carbocycles. The van der Waals surface area contributed by atoms with Crippen molar-refractivity contribution in [3.05, 3.63) is 59.2 Å². The van der Waals surface area contributed by atoms with Gasteiger partial charge in [0.1, 0.15) is 5.78 Å². The first kappa shape index (κ1) is 13.1. The number of ketones is 1. The molecule has 0 aliphatic heterocycles. The molecule has 1 atom stereocenters. The molecule has 0 heterocycles. The van der Waals surface area contributed by atoms with Gasteiger partial charge in [-0.15, -0.1) is 0 Å². The minimum Gasteiger partial charge on any atom is -0.300 e. The molecule has 0 aromatic heterocycles. The van der Waals surface area contributed by atoms with Crippen LogP contribution in [0.5, 0.6) is 0 Å². The van der Waals surface area contributed by atoms with Gasteiger partial charge in [0.25, 0.3) is 0 Å². The summed E-state index contributed by atoms with van der Waals surface area (Å²) in [5.74, 6) is 0.981. The largest absolute Gasteiger partial charge is 0.300 e. The Kier molecular flexibility index (Phi) is 3.43. The quantitative estimate of drug-likeness (QED) is 0.811. The van der Waals surface area contributed by atoms with Crippen molar-refractivity contribution in [2.75, 3.05) is 0 Å². The van der Waals surface area contributed by atoms with E-state index >= 15 is 0 Å². The van der Waals surface area contributed by atoms with Gasteiger partial charge in [-0.2, -0.15) is 0 Å². The van der Waals surface area contributed by atoms with E-state index in [4.69, 9.17) is 0 Å². The number of benzene rings is 2. The summed E-state index contributed by atoms with van der Waals surface area (Å²) in [6.45, 7) is 3.95. The SMILES string of the molecule is CC(=O)Cc1cccc(-c2ccc3c(c2)CC(C)C3)c1. The molecule has 1 aliphatic rings. The van der Waals surface area contributed by atoms with Gasteiger partial charge in [0.15, 0.2) is 0 Å². The Bertz CT molecular complexity index is 655.